The van der Waals surface area contributed by atoms with E-state index in [9.17, 15) is 18.7 Å². The zero-order chi connectivity index (χ0) is 20.3. The predicted molar refractivity (Wildman–Crippen MR) is 104 cm³/mol. The second-order valence-electron chi connectivity index (χ2n) is 6.52. The minimum absolute atomic E-state index is 0.148. The number of anilines is 1. The van der Waals surface area contributed by atoms with Gasteiger partial charge in [0.2, 0.25) is 0 Å². The summed E-state index contributed by atoms with van der Waals surface area (Å²) in [7, 11) is 0. The van der Waals surface area contributed by atoms with Crippen molar-refractivity contribution in [1.82, 2.24) is 4.98 Å². The van der Waals surface area contributed by atoms with Crippen molar-refractivity contribution < 1.29 is 18.7 Å². The van der Waals surface area contributed by atoms with Gasteiger partial charge in [0.1, 0.15) is 11.6 Å². The topological polar surface area (TPSA) is 62.2 Å². The summed E-state index contributed by atoms with van der Waals surface area (Å²) in [5.74, 6) is -2.49. The van der Waals surface area contributed by atoms with Crippen LogP contribution in [0.4, 0.5) is 14.5 Å². The zero-order valence-corrected chi connectivity index (χ0v) is 15.5. The molecule has 0 aliphatic heterocycles. The molecule has 1 heterocycles. The summed E-state index contributed by atoms with van der Waals surface area (Å²) >= 11 is 0. The van der Waals surface area contributed by atoms with Gasteiger partial charge in [-0.3, -0.25) is 9.78 Å². The van der Waals surface area contributed by atoms with Crippen LogP contribution >= 0.6 is 0 Å². The molecule has 144 valence electrons. The number of hydrogen-bond donors (Lipinski definition) is 2. The molecular weight excluding hydrogens is 362 g/mol. The Bertz CT molecular complexity index is 984. The first-order valence-corrected chi connectivity index (χ1v) is 8.88. The number of rotatable bonds is 5. The molecule has 1 unspecified atom stereocenters. The second kappa shape index (κ2) is 8.27. The number of aliphatic hydroxyl groups excluding tert-OH is 1. The van der Waals surface area contributed by atoms with Crippen LogP contribution in [0, 0.1) is 18.6 Å². The van der Waals surface area contributed by atoms with Crippen LogP contribution in [0.3, 0.4) is 0 Å². The summed E-state index contributed by atoms with van der Waals surface area (Å²) in [5.41, 5.74) is 4.18. The summed E-state index contributed by atoms with van der Waals surface area (Å²) in [5, 5.41) is 12.7. The molecule has 0 spiro atoms. The number of halogens is 2. The highest BCUT2D eigenvalue weighted by Gasteiger charge is 2.19. The molecule has 28 heavy (non-hydrogen) atoms. The Morgan fingerprint density at radius 3 is 2.39 bits per heavy atom. The van der Waals surface area contributed by atoms with Crippen molar-refractivity contribution in [1.29, 1.82) is 0 Å². The molecule has 4 nitrogen and oxygen atoms in total. The number of benzene rings is 2. The van der Waals surface area contributed by atoms with E-state index in [2.05, 4.69) is 10.3 Å². The molecule has 0 fully saturated rings. The molecule has 2 aromatic carbocycles. The van der Waals surface area contributed by atoms with Crippen molar-refractivity contribution in [2.75, 3.05) is 5.32 Å². The van der Waals surface area contributed by atoms with Crippen LogP contribution in [-0.4, -0.2) is 16.0 Å². The van der Waals surface area contributed by atoms with Gasteiger partial charge in [-0.15, -0.1) is 0 Å². The van der Waals surface area contributed by atoms with Crippen molar-refractivity contribution in [2.45, 2.75) is 26.4 Å². The smallest absolute Gasteiger partial charge is 0.257 e. The van der Waals surface area contributed by atoms with Gasteiger partial charge in [0, 0.05) is 29.2 Å². The van der Waals surface area contributed by atoms with E-state index in [1.165, 1.54) is 0 Å². The highest BCUT2D eigenvalue weighted by Crippen LogP contribution is 2.26. The Labute approximate surface area is 161 Å². The van der Waals surface area contributed by atoms with Gasteiger partial charge in [-0.05, 0) is 60.4 Å². The fourth-order valence-corrected chi connectivity index (χ4v) is 2.95. The minimum atomic E-state index is -1.68. The normalized spacial score (nSPS) is 11.9. The van der Waals surface area contributed by atoms with E-state index in [1.54, 1.807) is 12.1 Å². The molecule has 1 amide bonds. The number of carbonyl (C=O) groups is 1. The van der Waals surface area contributed by atoms with E-state index in [1.807, 2.05) is 38.2 Å². The molecule has 0 aliphatic rings. The van der Waals surface area contributed by atoms with Gasteiger partial charge in [0.15, 0.2) is 6.10 Å². The van der Waals surface area contributed by atoms with Crippen LogP contribution in [0.15, 0.2) is 54.7 Å². The van der Waals surface area contributed by atoms with Crippen molar-refractivity contribution in [3.05, 3.63) is 83.2 Å². The number of nitrogens with one attached hydrogen (secondary N) is 1. The van der Waals surface area contributed by atoms with Crippen molar-refractivity contribution in [2.24, 2.45) is 0 Å². The minimum Gasteiger partial charge on any atom is -0.378 e. The lowest BCUT2D eigenvalue weighted by molar-refractivity contribution is -0.124. The summed E-state index contributed by atoms with van der Waals surface area (Å²) in [6.07, 6.45) is 0.986. The monoisotopic (exact) mass is 382 g/mol. The van der Waals surface area contributed by atoms with Crippen LogP contribution in [0.2, 0.25) is 0 Å². The standard InChI is InChI=1S/C22H20F2N2O2/c1-3-18-5-4-14(12-25-18)20-7-6-19(8-13(20)2)26-22(28)21(27)15-9-16(23)11-17(24)10-15/h4-12,21,27H,3H2,1-2H3,(H,26,28). The molecule has 6 heteroatoms. The molecule has 3 rings (SSSR count). The average Bonchev–Trinajstić information content (AvgIpc) is 2.67. The summed E-state index contributed by atoms with van der Waals surface area (Å²) in [6.45, 7) is 3.94. The second-order valence-corrected chi connectivity index (χ2v) is 6.52. The molecule has 3 aromatic rings. The first-order chi connectivity index (χ1) is 13.4. The Hall–Kier alpha value is -3.12. The van der Waals surface area contributed by atoms with Gasteiger partial charge in [-0.1, -0.05) is 19.1 Å². The molecule has 0 saturated heterocycles. The van der Waals surface area contributed by atoms with E-state index in [0.717, 1.165) is 40.9 Å². The van der Waals surface area contributed by atoms with E-state index >= 15 is 0 Å². The number of carbonyl (C=O) groups excluding carboxylic acids is 1. The molecule has 1 aromatic heterocycles. The SMILES string of the molecule is CCc1ccc(-c2ccc(NC(=O)C(O)c3cc(F)cc(F)c3)cc2C)cn1. The third-order valence-corrected chi connectivity index (χ3v) is 4.44. The molecule has 0 bridgehead atoms. The third kappa shape index (κ3) is 4.40. The van der Waals surface area contributed by atoms with Crippen LogP contribution in [0.1, 0.15) is 29.8 Å². The fraction of sp³-hybridized carbons (Fsp3) is 0.182. The lowest BCUT2D eigenvalue weighted by Gasteiger charge is -2.14. The van der Waals surface area contributed by atoms with Crippen molar-refractivity contribution in [3.63, 3.8) is 0 Å². The maximum Gasteiger partial charge on any atom is 0.257 e. The highest BCUT2D eigenvalue weighted by atomic mass is 19.1. The highest BCUT2D eigenvalue weighted by molar-refractivity contribution is 5.95. The lowest BCUT2D eigenvalue weighted by Crippen LogP contribution is -2.21. The largest absolute Gasteiger partial charge is 0.378 e. The summed E-state index contributed by atoms with van der Waals surface area (Å²) in [4.78, 5) is 16.6. The number of aliphatic hydroxyl groups is 1. The number of aromatic nitrogens is 1. The number of nitrogens with zero attached hydrogens (tertiary/aromatic N) is 1. The van der Waals surface area contributed by atoms with Crippen LogP contribution < -0.4 is 5.32 Å². The molecule has 2 N–H and O–H groups in total. The van der Waals surface area contributed by atoms with E-state index < -0.39 is 23.6 Å². The van der Waals surface area contributed by atoms with Crippen LogP contribution in [-0.2, 0) is 11.2 Å². The van der Waals surface area contributed by atoms with Gasteiger partial charge < -0.3 is 10.4 Å². The summed E-state index contributed by atoms with van der Waals surface area (Å²) in [6, 6.07) is 11.8. The molecule has 0 aliphatic carbocycles. The Morgan fingerprint density at radius 1 is 1.11 bits per heavy atom. The molecule has 0 radical (unpaired) electrons. The maximum absolute atomic E-state index is 13.3. The van der Waals surface area contributed by atoms with E-state index in [0.29, 0.717) is 11.8 Å². The molecule has 0 saturated carbocycles. The Morgan fingerprint density at radius 2 is 1.82 bits per heavy atom. The summed E-state index contributed by atoms with van der Waals surface area (Å²) < 4.78 is 26.6. The Kier molecular flexibility index (Phi) is 5.80. The quantitative estimate of drug-likeness (QED) is 0.680. The van der Waals surface area contributed by atoms with Crippen molar-refractivity contribution >= 4 is 11.6 Å². The van der Waals surface area contributed by atoms with E-state index in [4.69, 9.17) is 0 Å². The maximum atomic E-state index is 13.3. The Balaban J connectivity index is 1.77. The average molecular weight is 382 g/mol. The first-order valence-electron chi connectivity index (χ1n) is 8.88. The van der Waals surface area contributed by atoms with Gasteiger partial charge in [-0.25, -0.2) is 8.78 Å². The van der Waals surface area contributed by atoms with Gasteiger partial charge in [0.05, 0.1) is 0 Å². The lowest BCUT2D eigenvalue weighted by atomic mass is 10.0. The number of aryl methyl sites for hydroxylation is 2. The predicted octanol–water partition coefficient (Wildman–Crippen LogP) is 4.57. The number of hydrogen-bond acceptors (Lipinski definition) is 3. The first kappa shape index (κ1) is 19.6. The molecular formula is C22H20F2N2O2. The van der Waals surface area contributed by atoms with Gasteiger partial charge in [-0.2, -0.15) is 0 Å². The molecule has 1 atom stereocenters. The number of amides is 1. The van der Waals surface area contributed by atoms with Gasteiger partial charge >= 0.3 is 0 Å². The third-order valence-electron chi connectivity index (χ3n) is 4.44. The van der Waals surface area contributed by atoms with Gasteiger partial charge in [0.25, 0.3) is 5.91 Å². The fourth-order valence-electron chi connectivity index (χ4n) is 2.95. The zero-order valence-electron chi connectivity index (χ0n) is 15.5. The number of pyridine rings is 1. The van der Waals surface area contributed by atoms with Crippen LogP contribution in [0.25, 0.3) is 11.1 Å². The van der Waals surface area contributed by atoms with Crippen molar-refractivity contribution in [3.8, 4) is 11.1 Å². The van der Waals surface area contributed by atoms with Crippen LogP contribution in [0.5, 0.6) is 0 Å². The van der Waals surface area contributed by atoms with E-state index in [-0.39, 0.29) is 5.56 Å².